The molecule has 0 aliphatic rings. The van der Waals surface area contributed by atoms with Crippen LogP contribution in [-0.4, -0.2) is 0 Å². The van der Waals surface area contributed by atoms with Crippen LogP contribution in [0.5, 0.6) is 0 Å². The van der Waals surface area contributed by atoms with Crippen molar-refractivity contribution in [3.8, 4) is 0 Å². The smallest absolute Gasteiger partial charge is 0.0595 e. The van der Waals surface area contributed by atoms with Crippen LogP contribution >= 0.6 is 23.2 Å². The Morgan fingerprint density at radius 1 is 1.38 bits per heavy atom. The molecule has 1 aromatic carbocycles. The fourth-order valence-corrected chi connectivity index (χ4v) is 1.49. The van der Waals surface area contributed by atoms with E-state index in [1.165, 1.54) is 0 Å². The van der Waals surface area contributed by atoms with Gasteiger partial charge in [0, 0.05) is 6.04 Å². The SMILES string of the molecule is CC[C@H](NN)c1ccc(Cl)c(Cl)c1. The minimum atomic E-state index is 0.134. The topological polar surface area (TPSA) is 38.0 Å². The third kappa shape index (κ3) is 2.58. The van der Waals surface area contributed by atoms with Crippen LogP contribution in [0.3, 0.4) is 0 Å². The maximum absolute atomic E-state index is 5.87. The Morgan fingerprint density at radius 2 is 2.08 bits per heavy atom. The summed E-state index contributed by atoms with van der Waals surface area (Å²) in [5.74, 6) is 5.38. The molecule has 13 heavy (non-hydrogen) atoms. The van der Waals surface area contributed by atoms with Crippen molar-refractivity contribution in [3.63, 3.8) is 0 Å². The summed E-state index contributed by atoms with van der Waals surface area (Å²) in [4.78, 5) is 0. The molecule has 0 heterocycles. The standard InChI is InChI=1S/C9H12Cl2N2/c1-2-9(13-12)6-3-4-7(10)8(11)5-6/h3-5,9,13H,2,12H2,1H3/t9-/m0/s1. The first kappa shape index (κ1) is 10.8. The molecule has 0 spiro atoms. The molecule has 0 bridgehead atoms. The molecule has 1 rings (SSSR count). The van der Waals surface area contributed by atoms with Crippen LogP contribution in [0.1, 0.15) is 24.9 Å². The van der Waals surface area contributed by atoms with Gasteiger partial charge in [-0.15, -0.1) is 0 Å². The zero-order valence-electron chi connectivity index (χ0n) is 7.35. The lowest BCUT2D eigenvalue weighted by atomic mass is 10.1. The maximum atomic E-state index is 5.87. The molecule has 2 nitrogen and oxygen atoms in total. The third-order valence-corrected chi connectivity index (χ3v) is 2.69. The third-order valence-electron chi connectivity index (χ3n) is 1.96. The van der Waals surface area contributed by atoms with Crippen molar-refractivity contribution in [2.45, 2.75) is 19.4 Å². The highest BCUT2D eigenvalue weighted by Gasteiger charge is 2.08. The van der Waals surface area contributed by atoms with Crippen molar-refractivity contribution in [1.29, 1.82) is 0 Å². The molecule has 1 atom stereocenters. The van der Waals surface area contributed by atoms with E-state index in [9.17, 15) is 0 Å². The predicted octanol–water partition coefficient (Wildman–Crippen LogP) is 2.91. The normalized spacial score (nSPS) is 12.9. The molecule has 0 unspecified atom stereocenters. The van der Waals surface area contributed by atoms with E-state index in [-0.39, 0.29) is 6.04 Å². The van der Waals surface area contributed by atoms with Crippen molar-refractivity contribution >= 4 is 23.2 Å². The molecule has 0 radical (unpaired) electrons. The molecule has 0 amide bonds. The van der Waals surface area contributed by atoms with Crippen LogP contribution in [0.2, 0.25) is 10.0 Å². The van der Waals surface area contributed by atoms with Crippen molar-refractivity contribution in [1.82, 2.24) is 5.43 Å². The molecule has 1 aromatic rings. The first-order valence-electron chi connectivity index (χ1n) is 4.10. The summed E-state index contributed by atoms with van der Waals surface area (Å²) < 4.78 is 0. The van der Waals surface area contributed by atoms with Gasteiger partial charge in [-0.1, -0.05) is 36.2 Å². The van der Waals surface area contributed by atoms with Gasteiger partial charge in [-0.05, 0) is 24.1 Å². The van der Waals surface area contributed by atoms with Crippen LogP contribution in [0.15, 0.2) is 18.2 Å². The molecular weight excluding hydrogens is 207 g/mol. The molecule has 72 valence electrons. The van der Waals surface area contributed by atoms with E-state index in [1.54, 1.807) is 6.07 Å². The lowest BCUT2D eigenvalue weighted by Gasteiger charge is -2.14. The molecule has 3 N–H and O–H groups in total. The largest absolute Gasteiger partial charge is 0.271 e. The Balaban J connectivity index is 2.95. The van der Waals surface area contributed by atoms with Crippen molar-refractivity contribution < 1.29 is 0 Å². The fourth-order valence-electron chi connectivity index (χ4n) is 1.18. The highest BCUT2D eigenvalue weighted by atomic mass is 35.5. The quantitative estimate of drug-likeness (QED) is 0.605. The number of nitrogens with one attached hydrogen (secondary N) is 1. The minimum Gasteiger partial charge on any atom is -0.271 e. The molecular formula is C9H12Cl2N2. The minimum absolute atomic E-state index is 0.134. The molecule has 0 aromatic heterocycles. The lowest BCUT2D eigenvalue weighted by molar-refractivity contribution is 0.539. The van der Waals surface area contributed by atoms with Gasteiger partial charge in [-0.2, -0.15) is 0 Å². The number of benzene rings is 1. The Labute approximate surface area is 88.0 Å². The van der Waals surface area contributed by atoms with Gasteiger partial charge in [0.15, 0.2) is 0 Å². The van der Waals surface area contributed by atoms with E-state index in [0.29, 0.717) is 10.0 Å². The summed E-state index contributed by atoms with van der Waals surface area (Å²) in [6, 6.07) is 5.66. The monoisotopic (exact) mass is 218 g/mol. The van der Waals surface area contributed by atoms with Crippen molar-refractivity contribution in [2.75, 3.05) is 0 Å². The number of rotatable bonds is 3. The van der Waals surface area contributed by atoms with Gasteiger partial charge >= 0.3 is 0 Å². The second-order valence-electron chi connectivity index (χ2n) is 2.80. The summed E-state index contributed by atoms with van der Waals surface area (Å²) in [6.07, 6.45) is 0.911. The van der Waals surface area contributed by atoms with Crippen LogP contribution in [0.4, 0.5) is 0 Å². The zero-order chi connectivity index (χ0) is 9.84. The van der Waals surface area contributed by atoms with E-state index in [4.69, 9.17) is 29.0 Å². The number of hydrogen-bond acceptors (Lipinski definition) is 2. The van der Waals surface area contributed by atoms with Gasteiger partial charge in [-0.3, -0.25) is 11.3 Å². The number of halogens is 2. The number of hydrazine groups is 1. The molecule has 0 aliphatic heterocycles. The second kappa shape index (κ2) is 4.82. The van der Waals surface area contributed by atoms with Gasteiger partial charge in [0.25, 0.3) is 0 Å². The summed E-state index contributed by atoms with van der Waals surface area (Å²) in [5, 5.41) is 1.13. The Bertz CT molecular complexity index is 285. The second-order valence-corrected chi connectivity index (χ2v) is 3.62. The van der Waals surface area contributed by atoms with E-state index in [0.717, 1.165) is 12.0 Å². The highest BCUT2D eigenvalue weighted by molar-refractivity contribution is 6.42. The molecule has 0 fully saturated rings. The van der Waals surface area contributed by atoms with Gasteiger partial charge in [-0.25, -0.2) is 0 Å². The molecule has 0 aliphatic carbocycles. The van der Waals surface area contributed by atoms with Gasteiger partial charge in [0.2, 0.25) is 0 Å². The number of hydrogen-bond donors (Lipinski definition) is 2. The molecule has 4 heteroatoms. The van der Waals surface area contributed by atoms with Crippen LogP contribution in [-0.2, 0) is 0 Å². The first-order chi connectivity index (χ1) is 6.19. The predicted molar refractivity (Wildman–Crippen MR) is 56.8 cm³/mol. The fraction of sp³-hybridized carbons (Fsp3) is 0.333. The summed E-state index contributed by atoms with van der Waals surface area (Å²) in [7, 11) is 0. The van der Waals surface area contributed by atoms with Gasteiger partial charge in [0.1, 0.15) is 0 Å². The summed E-state index contributed by atoms with van der Waals surface area (Å²) in [5.41, 5.74) is 3.77. The van der Waals surface area contributed by atoms with Crippen LogP contribution in [0, 0.1) is 0 Å². The Morgan fingerprint density at radius 3 is 2.54 bits per heavy atom. The highest BCUT2D eigenvalue weighted by Crippen LogP contribution is 2.26. The van der Waals surface area contributed by atoms with Gasteiger partial charge in [0.05, 0.1) is 10.0 Å². The first-order valence-corrected chi connectivity index (χ1v) is 4.85. The van der Waals surface area contributed by atoms with Gasteiger partial charge < -0.3 is 0 Å². The van der Waals surface area contributed by atoms with Crippen LogP contribution in [0.25, 0.3) is 0 Å². The lowest BCUT2D eigenvalue weighted by Crippen LogP contribution is -2.27. The maximum Gasteiger partial charge on any atom is 0.0595 e. The molecule has 0 saturated heterocycles. The molecule has 0 saturated carbocycles. The average Bonchev–Trinajstić information content (AvgIpc) is 2.13. The Kier molecular flexibility index (Phi) is 4.00. The van der Waals surface area contributed by atoms with E-state index in [2.05, 4.69) is 5.43 Å². The van der Waals surface area contributed by atoms with Crippen molar-refractivity contribution in [2.24, 2.45) is 5.84 Å². The van der Waals surface area contributed by atoms with E-state index >= 15 is 0 Å². The average molecular weight is 219 g/mol. The van der Waals surface area contributed by atoms with Crippen LogP contribution < -0.4 is 11.3 Å². The zero-order valence-corrected chi connectivity index (χ0v) is 8.86. The Hall–Kier alpha value is -0.280. The summed E-state index contributed by atoms with van der Waals surface area (Å²) in [6.45, 7) is 2.05. The van der Waals surface area contributed by atoms with E-state index in [1.807, 2.05) is 19.1 Å². The summed E-state index contributed by atoms with van der Waals surface area (Å²) >= 11 is 11.7. The van der Waals surface area contributed by atoms with Crippen molar-refractivity contribution in [3.05, 3.63) is 33.8 Å². The van der Waals surface area contributed by atoms with E-state index < -0.39 is 0 Å². The number of nitrogens with two attached hydrogens (primary N) is 1.